The summed E-state index contributed by atoms with van der Waals surface area (Å²) in [6.07, 6.45) is 1.75. The molecule has 0 atom stereocenters. The predicted octanol–water partition coefficient (Wildman–Crippen LogP) is 2.98. The molecule has 1 aromatic carbocycles. The molecule has 0 amide bonds. The topological polar surface area (TPSA) is 30.0 Å². The number of hydrogen-bond acceptors (Lipinski definition) is 2. The van der Waals surface area contributed by atoms with E-state index in [1.165, 1.54) is 18.3 Å². The summed E-state index contributed by atoms with van der Waals surface area (Å²) in [6, 6.07) is 4.72. The molecular weight excluding hydrogens is 231 g/mol. The third-order valence-corrected chi connectivity index (χ3v) is 2.25. The van der Waals surface area contributed by atoms with Gasteiger partial charge in [-0.2, -0.15) is 0 Å². The first kappa shape index (κ1) is 11.3. The van der Waals surface area contributed by atoms with Gasteiger partial charge in [-0.3, -0.25) is 9.78 Å². The molecule has 0 aliphatic rings. The Hall–Kier alpha value is -2.17. The van der Waals surface area contributed by atoms with Gasteiger partial charge in [0.15, 0.2) is 23.7 Å². The van der Waals surface area contributed by atoms with E-state index in [1.54, 1.807) is 0 Å². The van der Waals surface area contributed by atoms with Gasteiger partial charge in [0, 0.05) is 17.3 Å². The summed E-state index contributed by atoms with van der Waals surface area (Å²) in [7, 11) is 0. The maximum absolute atomic E-state index is 13.4. The average molecular weight is 237 g/mol. The van der Waals surface area contributed by atoms with E-state index in [2.05, 4.69) is 4.98 Å². The SMILES string of the molecule is O=Cc1ccc(-c2ccc(F)c(F)c2F)cn1. The molecule has 2 rings (SSSR count). The molecule has 0 spiro atoms. The highest BCUT2D eigenvalue weighted by Gasteiger charge is 2.14. The van der Waals surface area contributed by atoms with Crippen molar-refractivity contribution in [3.8, 4) is 11.1 Å². The second-order valence-corrected chi connectivity index (χ2v) is 3.31. The lowest BCUT2D eigenvalue weighted by Crippen LogP contribution is -1.95. The van der Waals surface area contributed by atoms with Crippen molar-refractivity contribution in [2.75, 3.05) is 0 Å². The van der Waals surface area contributed by atoms with Crippen LogP contribution in [0.15, 0.2) is 30.5 Å². The highest BCUT2D eigenvalue weighted by atomic mass is 19.2. The molecule has 0 saturated heterocycles. The first-order valence-corrected chi connectivity index (χ1v) is 4.68. The van der Waals surface area contributed by atoms with Crippen molar-refractivity contribution in [1.82, 2.24) is 4.98 Å². The minimum absolute atomic E-state index is 0.103. The molecule has 0 saturated carbocycles. The zero-order valence-corrected chi connectivity index (χ0v) is 8.45. The number of rotatable bonds is 2. The molecule has 86 valence electrons. The van der Waals surface area contributed by atoms with Crippen molar-refractivity contribution < 1.29 is 18.0 Å². The Bertz CT molecular complexity index is 567. The van der Waals surface area contributed by atoms with Gasteiger partial charge in [-0.1, -0.05) is 6.07 Å². The third kappa shape index (κ3) is 2.04. The fraction of sp³-hybridized carbons (Fsp3) is 0. The van der Waals surface area contributed by atoms with Crippen molar-refractivity contribution in [3.63, 3.8) is 0 Å². The van der Waals surface area contributed by atoms with E-state index < -0.39 is 17.5 Å². The first-order valence-electron chi connectivity index (χ1n) is 4.68. The normalized spacial score (nSPS) is 10.3. The van der Waals surface area contributed by atoms with Crippen molar-refractivity contribution in [2.45, 2.75) is 0 Å². The van der Waals surface area contributed by atoms with Gasteiger partial charge in [0.25, 0.3) is 0 Å². The van der Waals surface area contributed by atoms with E-state index in [9.17, 15) is 18.0 Å². The van der Waals surface area contributed by atoms with Crippen LogP contribution in [0.1, 0.15) is 10.5 Å². The summed E-state index contributed by atoms with van der Waals surface area (Å²) in [5, 5.41) is 0. The summed E-state index contributed by atoms with van der Waals surface area (Å²) in [5.41, 5.74) is 0.345. The van der Waals surface area contributed by atoms with Gasteiger partial charge in [-0.15, -0.1) is 0 Å². The summed E-state index contributed by atoms with van der Waals surface area (Å²) >= 11 is 0. The average Bonchev–Trinajstić information content (AvgIpc) is 2.36. The molecule has 17 heavy (non-hydrogen) atoms. The van der Waals surface area contributed by atoms with Crippen LogP contribution in [-0.4, -0.2) is 11.3 Å². The summed E-state index contributed by atoms with van der Waals surface area (Å²) in [6.45, 7) is 0. The fourth-order valence-corrected chi connectivity index (χ4v) is 1.38. The van der Waals surface area contributed by atoms with Gasteiger partial charge in [0.05, 0.1) is 0 Å². The van der Waals surface area contributed by atoms with E-state index in [0.29, 0.717) is 6.29 Å². The highest BCUT2D eigenvalue weighted by Crippen LogP contribution is 2.25. The molecule has 0 bridgehead atoms. The summed E-state index contributed by atoms with van der Waals surface area (Å²) in [4.78, 5) is 14.1. The smallest absolute Gasteiger partial charge is 0.195 e. The van der Waals surface area contributed by atoms with Gasteiger partial charge in [0.2, 0.25) is 0 Å². The van der Waals surface area contributed by atoms with Crippen LogP contribution in [-0.2, 0) is 0 Å². The Kier molecular flexibility index (Phi) is 2.91. The number of hydrogen-bond donors (Lipinski definition) is 0. The van der Waals surface area contributed by atoms with E-state index in [1.807, 2.05) is 0 Å². The van der Waals surface area contributed by atoms with Gasteiger partial charge >= 0.3 is 0 Å². The van der Waals surface area contributed by atoms with Crippen LogP contribution in [0.3, 0.4) is 0 Å². The molecule has 1 aromatic heterocycles. The lowest BCUT2D eigenvalue weighted by molar-refractivity contribution is 0.111. The number of pyridine rings is 1. The minimum Gasteiger partial charge on any atom is -0.296 e. The fourth-order valence-electron chi connectivity index (χ4n) is 1.38. The Morgan fingerprint density at radius 3 is 2.35 bits per heavy atom. The van der Waals surface area contributed by atoms with Crippen LogP contribution in [0.5, 0.6) is 0 Å². The van der Waals surface area contributed by atoms with Crippen LogP contribution in [0.25, 0.3) is 11.1 Å². The largest absolute Gasteiger partial charge is 0.296 e. The van der Waals surface area contributed by atoms with Gasteiger partial charge in [-0.25, -0.2) is 13.2 Å². The Morgan fingerprint density at radius 1 is 1.00 bits per heavy atom. The molecule has 0 aliphatic heterocycles. The minimum atomic E-state index is -1.53. The molecule has 0 radical (unpaired) electrons. The molecule has 5 heteroatoms. The maximum atomic E-state index is 13.4. The summed E-state index contributed by atoms with van der Waals surface area (Å²) < 4.78 is 39.1. The number of nitrogens with zero attached hydrogens (tertiary/aromatic N) is 1. The van der Waals surface area contributed by atoms with Crippen LogP contribution < -0.4 is 0 Å². The van der Waals surface area contributed by atoms with Crippen LogP contribution >= 0.6 is 0 Å². The van der Waals surface area contributed by atoms with Crippen LogP contribution in [0.2, 0.25) is 0 Å². The highest BCUT2D eigenvalue weighted by molar-refractivity contribution is 5.73. The lowest BCUT2D eigenvalue weighted by atomic mass is 10.1. The predicted molar refractivity (Wildman–Crippen MR) is 54.9 cm³/mol. The maximum Gasteiger partial charge on any atom is 0.195 e. The molecule has 0 fully saturated rings. The molecule has 2 aromatic rings. The second kappa shape index (κ2) is 4.37. The zero-order valence-electron chi connectivity index (χ0n) is 8.45. The monoisotopic (exact) mass is 237 g/mol. The van der Waals surface area contributed by atoms with E-state index in [0.717, 1.165) is 12.1 Å². The Labute approximate surface area is 94.7 Å². The number of aldehydes is 1. The Balaban J connectivity index is 2.53. The van der Waals surface area contributed by atoms with Gasteiger partial charge < -0.3 is 0 Å². The second-order valence-electron chi connectivity index (χ2n) is 3.31. The standard InChI is InChI=1S/C12H6F3NO/c13-10-4-3-9(11(14)12(10)15)7-1-2-8(6-17)16-5-7/h1-6H. The van der Waals surface area contributed by atoms with Crippen molar-refractivity contribution >= 4 is 6.29 Å². The number of aromatic nitrogens is 1. The molecule has 0 unspecified atom stereocenters. The van der Waals surface area contributed by atoms with Crippen molar-refractivity contribution in [1.29, 1.82) is 0 Å². The quantitative estimate of drug-likeness (QED) is 0.593. The molecule has 2 nitrogen and oxygen atoms in total. The lowest BCUT2D eigenvalue weighted by Gasteiger charge is -2.04. The molecular formula is C12H6F3NO. The molecule has 0 aliphatic carbocycles. The number of halogens is 3. The van der Waals surface area contributed by atoms with Crippen LogP contribution in [0, 0.1) is 17.5 Å². The first-order chi connectivity index (χ1) is 8.13. The Morgan fingerprint density at radius 2 is 1.76 bits per heavy atom. The van der Waals surface area contributed by atoms with Gasteiger partial charge in [-0.05, 0) is 18.2 Å². The number of carbonyl (C=O) groups is 1. The zero-order chi connectivity index (χ0) is 12.4. The molecule has 0 N–H and O–H groups in total. The van der Waals surface area contributed by atoms with Gasteiger partial charge in [0.1, 0.15) is 5.69 Å². The van der Waals surface area contributed by atoms with E-state index in [-0.39, 0.29) is 16.8 Å². The number of carbonyl (C=O) groups excluding carboxylic acids is 1. The summed E-state index contributed by atoms with van der Waals surface area (Å²) in [5.74, 6) is -4.05. The third-order valence-electron chi connectivity index (χ3n) is 2.25. The van der Waals surface area contributed by atoms with Crippen molar-refractivity contribution in [2.24, 2.45) is 0 Å². The van der Waals surface area contributed by atoms with E-state index >= 15 is 0 Å². The van der Waals surface area contributed by atoms with Crippen molar-refractivity contribution in [3.05, 3.63) is 53.6 Å². The number of benzene rings is 1. The van der Waals surface area contributed by atoms with E-state index in [4.69, 9.17) is 0 Å². The van der Waals surface area contributed by atoms with Crippen LogP contribution in [0.4, 0.5) is 13.2 Å². The molecule has 1 heterocycles.